The van der Waals surface area contributed by atoms with E-state index in [1.54, 1.807) is 7.05 Å². The van der Waals surface area contributed by atoms with Crippen LogP contribution in [-0.4, -0.2) is 59.6 Å². The molecule has 0 saturated heterocycles. The molecule has 0 aromatic carbocycles. The number of methoxy groups -OCH3 is 1. The predicted molar refractivity (Wildman–Crippen MR) is 68.8 cm³/mol. The summed E-state index contributed by atoms with van der Waals surface area (Å²) in [6, 6.07) is -0.330. The van der Waals surface area contributed by atoms with Gasteiger partial charge >= 0.3 is 6.03 Å². The van der Waals surface area contributed by atoms with Crippen molar-refractivity contribution in [2.45, 2.75) is 19.4 Å². The van der Waals surface area contributed by atoms with E-state index in [2.05, 4.69) is 15.5 Å². The summed E-state index contributed by atoms with van der Waals surface area (Å²) < 4.78 is 4.79. The smallest absolute Gasteiger partial charge is 0.323 e. The van der Waals surface area contributed by atoms with Crippen LogP contribution in [-0.2, 0) is 11.2 Å². The maximum absolute atomic E-state index is 11.8. The lowest BCUT2D eigenvalue weighted by Crippen LogP contribution is -2.38. The fourth-order valence-electron chi connectivity index (χ4n) is 1.28. The molecule has 0 aliphatic rings. The highest BCUT2D eigenvalue weighted by Gasteiger charge is 2.15. The van der Waals surface area contributed by atoms with Crippen LogP contribution in [0.25, 0.3) is 0 Å². The summed E-state index contributed by atoms with van der Waals surface area (Å²) in [5.74, 6) is 0. The molecule has 0 bridgehead atoms. The summed E-state index contributed by atoms with van der Waals surface area (Å²) in [6.07, 6.45) is 0.0852. The molecule has 0 fully saturated rings. The number of nitrogens with zero attached hydrogens (tertiary/aromatic N) is 3. The Morgan fingerprint density at radius 1 is 1.61 bits per heavy atom. The molecule has 18 heavy (non-hydrogen) atoms. The van der Waals surface area contributed by atoms with Gasteiger partial charge in [0.15, 0.2) is 0 Å². The van der Waals surface area contributed by atoms with Gasteiger partial charge in [-0.2, -0.15) is 0 Å². The third kappa shape index (κ3) is 4.55. The average Bonchev–Trinajstić information content (AvgIpc) is 2.76. The van der Waals surface area contributed by atoms with Crippen molar-refractivity contribution in [2.75, 3.05) is 32.6 Å². The van der Waals surface area contributed by atoms with Crippen molar-refractivity contribution < 1.29 is 14.6 Å². The molecule has 1 aromatic rings. The minimum absolute atomic E-state index is 0.191. The number of hydrogen-bond acceptors (Lipinski definition) is 6. The molecule has 2 N–H and O–H groups in total. The molecule has 8 heteroatoms. The number of urea groups is 1. The molecule has 1 rings (SSSR count). The van der Waals surface area contributed by atoms with Crippen molar-refractivity contribution in [3.63, 3.8) is 0 Å². The average molecular weight is 274 g/mol. The standard InChI is InChI=1S/C10H18N4O3S/c1-4-8-12-13-9(18-8)11-10(16)14(2)5-7(15)6-17-3/h7,15H,4-6H2,1-3H3,(H,11,13,16). The summed E-state index contributed by atoms with van der Waals surface area (Å²) >= 11 is 1.34. The number of aromatic nitrogens is 2. The molecule has 2 amide bonds. The van der Waals surface area contributed by atoms with Gasteiger partial charge in [0.1, 0.15) is 5.01 Å². The fraction of sp³-hybridized carbons (Fsp3) is 0.700. The Morgan fingerprint density at radius 2 is 2.33 bits per heavy atom. The Kier molecular flexibility index (Phi) is 5.96. The molecule has 0 saturated carbocycles. The van der Waals surface area contributed by atoms with Gasteiger partial charge in [0.05, 0.1) is 19.3 Å². The van der Waals surface area contributed by atoms with Gasteiger partial charge in [-0.3, -0.25) is 5.32 Å². The first-order valence-corrected chi connectivity index (χ1v) is 6.40. The van der Waals surface area contributed by atoms with Crippen molar-refractivity contribution in [2.24, 2.45) is 0 Å². The number of carbonyl (C=O) groups is 1. The van der Waals surface area contributed by atoms with Gasteiger partial charge in [-0.15, -0.1) is 10.2 Å². The Morgan fingerprint density at radius 3 is 2.89 bits per heavy atom. The number of hydrogen-bond donors (Lipinski definition) is 2. The zero-order valence-electron chi connectivity index (χ0n) is 10.7. The molecule has 0 radical (unpaired) electrons. The molecule has 102 valence electrons. The number of carbonyl (C=O) groups excluding carboxylic acids is 1. The number of anilines is 1. The molecule has 0 aliphatic heterocycles. The topological polar surface area (TPSA) is 87.6 Å². The van der Waals surface area contributed by atoms with Gasteiger partial charge in [0, 0.05) is 14.2 Å². The quantitative estimate of drug-likeness (QED) is 0.792. The van der Waals surface area contributed by atoms with E-state index in [9.17, 15) is 9.90 Å². The monoisotopic (exact) mass is 274 g/mol. The fourth-order valence-corrected chi connectivity index (χ4v) is 1.95. The van der Waals surface area contributed by atoms with Crippen molar-refractivity contribution in [3.8, 4) is 0 Å². The van der Waals surface area contributed by atoms with E-state index in [1.165, 1.54) is 23.3 Å². The molecule has 7 nitrogen and oxygen atoms in total. The van der Waals surface area contributed by atoms with E-state index < -0.39 is 6.10 Å². The Balaban J connectivity index is 2.44. The van der Waals surface area contributed by atoms with Crippen molar-refractivity contribution in [1.82, 2.24) is 15.1 Å². The van der Waals surface area contributed by atoms with Gasteiger partial charge in [-0.1, -0.05) is 18.3 Å². The number of aliphatic hydroxyl groups excluding tert-OH is 1. The highest BCUT2D eigenvalue weighted by molar-refractivity contribution is 7.15. The summed E-state index contributed by atoms with van der Waals surface area (Å²) in [7, 11) is 3.09. The second-order valence-corrected chi connectivity index (χ2v) is 4.84. The largest absolute Gasteiger partial charge is 0.389 e. The van der Waals surface area contributed by atoms with Gasteiger partial charge < -0.3 is 14.7 Å². The molecule has 1 unspecified atom stereocenters. The first kappa shape index (κ1) is 14.8. The first-order valence-electron chi connectivity index (χ1n) is 5.58. The van der Waals surface area contributed by atoms with Crippen molar-refractivity contribution in [3.05, 3.63) is 5.01 Å². The zero-order valence-corrected chi connectivity index (χ0v) is 11.5. The summed E-state index contributed by atoms with van der Waals surface area (Å²) in [4.78, 5) is 13.1. The van der Waals surface area contributed by atoms with Crippen LogP contribution in [0.5, 0.6) is 0 Å². The first-order chi connectivity index (χ1) is 8.56. The van der Waals surface area contributed by atoms with Crippen LogP contribution >= 0.6 is 11.3 Å². The number of rotatable bonds is 6. The predicted octanol–water partition coefficient (Wildman–Crippen LogP) is 0.571. The molecule has 1 atom stereocenters. The van der Waals surface area contributed by atoms with E-state index in [1.807, 2.05) is 6.92 Å². The summed E-state index contributed by atoms with van der Waals surface area (Å²) in [5, 5.41) is 21.2. The number of nitrogens with one attached hydrogen (secondary N) is 1. The zero-order chi connectivity index (χ0) is 13.5. The Bertz CT molecular complexity index is 385. The molecule has 0 spiro atoms. The third-order valence-electron chi connectivity index (χ3n) is 2.17. The SMILES string of the molecule is CCc1nnc(NC(=O)N(C)CC(O)COC)s1. The van der Waals surface area contributed by atoms with E-state index in [0.717, 1.165) is 11.4 Å². The van der Waals surface area contributed by atoms with E-state index in [-0.39, 0.29) is 19.2 Å². The number of aliphatic hydroxyl groups is 1. The lowest BCUT2D eigenvalue weighted by Gasteiger charge is -2.19. The number of amides is 2. The maximum Gasteiger partial charge on any atom is 0.323 e. The lowest BCUT2D eigenvalue weighted by molar-refractivity contribution is 0.0501. The van der Waals surface area contributed by atoms with Crippen molar-refractivity contribution >= 4 is 22.5 Å². The van der Waals surface area contributed by atoms with Crippen LogP contribution in [0, 0.1) is 0 Å². The van der Waals surface area contributed by atoms with E-state index in [0.29, 0.717) is 5.13 Å². The number of likely N-dealkylation sites (N-methyl/N-ethyl adjacent to an activating group) is 1. The Labute approximate surface area is 110 Å². The minimum Gasteiger partial charge on any atom is -0.389 e. The molecular weight excluding hydrogens is 256 g/mol. The van der Waals surface area contributed by atoms with Gasteiger partial charge in [-0.25, -0.2) is 4.79 Å². The molecule has 0 aliphatic carbocycles. The number of aryl methyl sites for hydroxylation is 1. The normalized spacial score (nSPS) is 12.2. The van der Waals surface area contributed by atoms with E-state index in [4.69, 9.17) is 4.74 Å². The molecule has 1 heterocycles. The van der Waals surface area contributed by atoms with E-state index >= 15 is 0 Å². The van der Waals surface area contributed by atoms with Crippen LogP contribution in [0.3, 0.4) is 0 Å². The highest BCUT2D eigenvalue weighted by atomic mass is 32.1. The third-order valence-corrected chi connectivity index (χ3v) is 3.16. The second kappa shape index (κ2) is 7.24. The minimum atomic E-state index is -0.702. The van der Waals surface area contributed by atoms with Crippen molar-refractivity contribution in [1.29, 1.82) is 0 Å². The van der Waals surface area contributed by atoms with Crippen LogP contribution < -0.4 is 5.32 Å². The van der Waals surface area contributed by atoms with Crippen LogP contribution in [0.4, 0.5) is 9.93 Å². The second-order valence-electron chi connectivity index (χ2n) is 3.77. The van der Waals surface area contributed by atoms with Crippen LogP contribution in [0.1, 0.15) is 11.9 Å². The molecular formula is C10H18N4O3S. The summed E-state index contributed by atoms with van der Waals surface area (Å²) in [6.45, 7) is 2.36. The van der Waals surface area contributed by atoms with Gasteiger partial charge in [0.25, 0.3) is 0 Å². The van der Waals surface area contributed by atoms with Crippen LogP contribution in [0.2, 0.25) is 0 Å². The lowest BCUT2D eigenvalue weighted by atomic mass is 10.3. The Hall–Kier alpha value is -1.25. The van der Waals surface area contributed by atoms with Crippen LogP contribution in [0.15, 0.2) is 0 Å². The maximum atomic E-state index is 11.8. The number of ether oxygens (including phenoxy) is 1. The summed E-state index contributed by atoms with van der Waals surface area (Å²) in [5.41, 5.74) is 0. The van der Waals surface area contributed by atoms with Gasteiger partial charge in [0.2, 0.25) is 5.13 Å². The van der Waals surface area contributed by atoms with Gasteiger partial charge in [-0.05, 0) is 6.42 Å². The highest BCUT2D eigenvalue weighted by Crippen LogP contribution is 2.15. The molecule has 1 aromatic heterocycles.